The van der Waals surface area contributed by atoms with Crippen LogP contribution in [0.25, 0.3) is 0 Å². The van der Waals surface area contributed by atoms with Crippen molar-refractivity contribution >= 4 is 5.91 Å². The van der Waals surface area contributed by atoms with Crippen LogP contribution in [0, 0.1) is 35.0 Å². The Hall–Kier alpha value is -0.650. The van der Waals surface area contributed by atoms with Crippen molar-refractivity contribution < 1.29 is 19.3 Å². The highest BCUT2D eigenvalue weighted by molar-refractivity contribution is 5.76. The van der Waals surface area contributed by atoms with Crippen molar-refractivity contribution in [2.75, 3.05) is 6.54 Å². The Labute approximate surface area is 169 Å². The molecule has 5 heteroatoms. The molecule has 0 aromatic carbocycles. The molecule has 5 aliphatic carbocycles. The van der Waals surface area contributed by atoms with E-state index in [0.717, 1.165) is 44.1 Å². The Morgan fingerprint density at radius 1 is 0.964 bits per heavy atom. The second kappa shape index (κ2) is 6.68. The molecule has 4 bridgehead atoms. The summed E-state index contributed by atoms with van der Waals surface area (Å²) in [6.07, 6.45) is 10.7. The molecule has 0 radical (unpaired) electrons. The van der Waals surface area contributed by atoms with Crippen LogP contribution in [0.2, 0.25) is 0 Å². The fourth-order valence-electron chi connectivity index (χ4n) is 6.81. The number of hydrogen-bond acceptors (Lipinski definition) is 4. The average molecular weight is 392 g/mol. The highest BCUT2D eigenvalue weighted by atomic mass is 17.3. The molecular weight excluding hydrogens is 354 g/mol. The molecule has 6 aliphatic rings. The first-order valence-electron chi connectivity index (χ1n) is 11.6. The minimum absolute atomic E-state index is 0.127. The zero-order chi connectivity index (χ0) is 19.6. The van der Waals surface area contributed by atoms with Crippen molar-refractivity contribution in [3.63, 3.8) is 0 Å². The summed E-state index contributed by atoms with van der Waals surface area (Å²) in [6.45, 7) is 7.17. The van der Waals surface area contributed by atoms with Gasteiger partial charge in [-0.1, -0.05) is 20.8 Å². The minimum atomic E-state index is -0.562. The third kappa shape index (κ3) is 3.41. The van der Waals surface area contributed by atoms with Crippen molar-refractivity contribution in [3.8, 4) is 0 Å². The van der Waals surface area contributed by atoms with Crippen molar-refractivity contribution in [1.82, 2.24) is 5.32 Å². The van der Waals surface area contributed by atoms with Gasteiger partial charge in [-0.25, -0.2) is 0 Å². The number of hydrogen-bond donors (Lipinski definition) is 1. The van der Waals surface area contributed by atoms with Crippen LogP contribution < -0.4 is 5.32 Å². The number of ether oxygens (including phenoxy) is 1. The fraction of sp³-hybridized carbons (Fsp3) is 0.957. The van der Waals surface area contributed by atoms with Gasteiger partial charge in [-0.05, 0) is 68.1 Å². The summed E-state index contributed by atoms with van der Waals surface area (Å²) >= 11 is 0. The monoisotopic (exact) mass is 391 g/mol. The minimum Gasteiger partial charge on any atom is -0.356 e. The van der Waals surface area contributed by atoms with Crippen molar-refractivity contribution in [2.45, 2.75) is 96.6 Å². The van der Waals surface area contributed by atoms with E-state index in [1.54, 1.807) is 0 Å². The molecule has 1 saturated heterocycles. The molecular formula is C23H37NO4. The van der Waals surface area contributed by atoms with Crippen LogP contribution in [0.15, 0.2) is 0 Å². The SMILES string of the molecule is CC(C)(C)CNC(=O)CC1CCC2(CC1)OOC1(O2)C2CC3CC(C2)CC1C3. The molecule has 1 amide bonds. The summed E-state index contributed by atoms with van der Waals surface area (Å²) in [5, 5.41) is 3.09. The summed E-state index contributed by atoms with van der Waals surface area (Å²) in [5.41, 5.74) is 0.127. The van der Waals surface area contributed by atoms with E-state index >= 15 is 0 Å². The fourth-order valence-corrected chi connectivity index (χ4v) is 6.81. The molecule has 0 aromatic rings. The summed E-state index contributed by atoms with van der Waals surface area (Å²) in [6, 6.07) is 0. The molecule has 1 heterocycles. The second-order valence-corrected chi connectivity index (χ2v) is 11.7. The number of amides is 1. The number of carbonyl (C=O) groups is 1. The molecule has 6 fully saturated rings. The third-order valence-corrected chi connectivity index (χ3v) is 8.10. The zero-order valence-electron chi connectivity index (χ0n) is 17.8. The van der Waals surface area contributed by atoms with Gasteiger partial charge in [0.15, 0.2) is 0 Å². The molecule has 158 valence electrons. The quantitative estimate of drug-likeness (QED) is 0.717. The smallest absolute Gasteiger partial charge is 0.220 e. The first-order chi connectivity index (χ1) is 13.3. The Morgan fingerprint density at radius 3 is 2.14 bits per heavy atom. The maximum absolute atomic E-state index is 12.3. The average Bonchev–Trinajstić information content (AvgIpc) is 3.00. The van der Waals surface area contributed by atoms with Gasteiger partial charge in [0, 0.05) is 37.6 Å². The lowest BCUT2D eigenvalue weighted by atomic mass is 9.53. The Kier molecular flexibility index (Phi) is 4.61. The van der Waals surface area contributed by atoms with E-state index < -0.39 is 11.6 Å². The van der Waals surface area contributed by atoms with E-state index in [2.05, 4.69) is 26.1 Å². The molecule has 0 aromatic heterocycles. The summed E-state index contributed by atoms with van der Waals surface area (Å²) in [7, 11) is 0. The van der Waals surface area contributed by atoms with Crippen LogP contribution in [0.1, 0.15) is 85.0 Å². The highest BCUT2D eigenvalue weighted by Gasteiger charge is 2.66. The number of carbonyl (C=O) groups excluding carboxylic acids is 1. The molecule has 1 N–H and O–H groups in total. The molecule has 28 heavy (non-hydrogen) atoms. The maximum Gasteiger partial charge on any atom is 0.220 e. The lowest BCUT2D eigenvalue weighted by Crippen LogP contribution is -2.59. The standard InChI is InChI=1S/C23H37NO4/c1-21(2,3)14-24-20(25)13-15-4-6-22(7-5-15)26-23(28-27-22)18-9-16-8-17(11-18)12-19(23)10-16/h15-19H,4-14H2,1-3H3,(H,24,25). The van der Waals surface area contributed by atoms with E-state index in [0.29, 0.717) is 24.2 Å². The Balaban J connectivity index is 1.16. The lowest BCUT2D eigenvalue weighted by molar-refractivity contribution is -0.390. The van der Waals surface area contributed by atoms with Gasteiger partial charge >= 0.3 is 0 Å². The van der Waals surface area contributed by atoms with Crippen LogP contribution in [-0.4, -0.2) is 24.0 Å². The van der Waals surface area contributed by atoms with Gasteiger partial charge < -0.3 is 10.1 Å². The Bertz CT molecular complexity index is 589. The molecule has 0 atom stereocenters. The van der Waals surface area contributed by atoms with Crippen molar-refractivity contribution in [1.29, 1.82) is 0 Å². The number of nitrogens with one attached hydrogen (secondary N) is 1. The molecule has 5 nitrogen and oxygen atoms in total. The molecule has 6 rings (SSSR count). The zero-order valence-corrected chi connectivity index (χ0v) is 17.8. The summed E-state index contributed by atoms with van der Waals surface area (Å²) in [5.74, 6) is 2.38. The van der Waals surface area contributed by atoms with Crippen LogP contribution in [0.3, 0.4) is 0 Å². The van der Waals surface area contributed by atoms with Crippen molar-refractivity contribution in [3.05, 3.63) is 0 Å². The first kappa shape index (κ1) is 19.3. The van der Waals surface area contributed by atoms with Gasteiger partial charge in [-0.15, -0.1) is 0 Å². The van der Waals surface area contributed by atoms with Crippen molar-refractivity contribution in [2.24, 2.45) is 35.0 Å². The van der Waals surface area contributed by atoms with E-state index in [-0.39, 0.29) is 11.3 Å². The summed E-state index contributed by atoms with van der Waals surface area (Å²) in [4.78, 5) is 24.4. The van der Waals surface area contributed by atoms with Gasteiger partial charge in [-0.2, -0.15) is 9.78 Å². The third-order valence-electron chi connectivity index (χ3n) is 8.10. The van der Waals surface area contributed by atoms with Crippen LogP contribution >= 0.6 is 0 Å². The van der Waals surface area contributed by atoms with E-state index in [1.807, 2.05) is 0 Å². The predicted molar refractivity (Wildman–Crippen MR) is 105 cm³/mol. The highest BCUT2D eigenvalue weighted by Crippen LogP contribution is 2.63. The van der Waals surface area contributed by atoms with Gasteiger partial charge in [-0.3, -0.25) is 4.79 Å². The van der Waals surface area contributed by atoms with Crippen LogP contribution in [-0.2, 0) is 19.3 Å². The number of rotatable bonds is 3. The predicted octanol–water partition coefficient (Wildman–Crippen LogP) is 4.56. The molecule has 2 spiro atoms. The molecule has 5 saturated carbocycles. The lowest BCUT2D eigenvalue weighted by Gasteiger charge is -2.57. The Morgan fingerprint density at radius 2 is 1.57 bits per heavy atom. The normalized spacial score (nSPS) is 47.2. The van der Waals surface area contributed by atoms with Gasteiger partial charge in [0.1, 0.15) is 0 Å². The first-order valence-corrected chi connectivity index (χ1v) is 11.6. The van der Waals surface area contributed by atoms with E-state index in [1.165, 1.54) is 32.1 Å². The second-order valence-electron chi connectivity index (χ2n) is 11.7. The van der Waals surface area contributed by atoms with Crippen LogP contribution in [0.4, 0.5) is 0 Å². The summed E-state index contributed by atoms with van der Waals surface area (Å²) < 4.78 is 6.75. The van der Waals surface area contributed by atoms with E-state index in [9.17, 15) is 4.79 Å². The van der Waals surface area contributed by atoms with Gasteiger partial charge in [0.25, 0.3) is 0 Å². The molecule has 1 aliphatic heterocycles. The largest absolute Gasteiger partial charge is 0.356 e. The molecule has 0 unspecified atom stereocenters. The van der Waals surface area contributed by atoms with Gasteiger partial charge in [0.05, 0.1) is 0 Å². The van der Waals surface area contributed by atoms with Gasteiger partial charge in [0.2, 0.25) is 17.5 Å². The maximum atomic E-state index is 12.3. The van der Waals surface area contributed by atoms with Crippen LogP contribution in [0.5, 0.6) is 0 Å². The topological polar surface area (TPSA) is 56.8 Å². The van der Waals surface area contributed by atoms with E-state index in [4.69, 9.17) is 14.5 Å².